The van der Waals surface area contributed by atoms with Crippen LogP contribution < -0.4 is 4.90 Å². The molecule has 0 saturated carbocycles. The molecule has 1 fully saturated rings. The minimum absolute atomic E-state index is 0.0990. The van der Waals surface area contributed by atoms with E-state index in [0.29, 0.717) is 18.1 Å². The molecule has 1 saturated heterocycles. The van der Waals surface area contributed by atoms with Crippen LogP contribution in [0.1, 0.15) is 66.0 Å². The van der Waals surface area contributed by atoms with Gasteiger partial charge in [0.2, 0.25) is 0 Å². The van der Waals surface area contributed by atoms with Gasteiger partial charge >= 0.3 is 12.2 Å². The summed E-state index contributed by atoms with van der Waals surface area (Å²) >= 11 is 0. The van der Waals surface area contributed by atoms with Crippen LogP contribution in [0, 0.1) is 0 Å². The quantitative estimate of drug-likeness (QED) is 0.567. The first-order valence-corrected chi connectivity index (χ1v) is 11.0. The van der Waals surface area contributed by atoms with E-state index in [4.69, 9.17) is 9.47 Å². The van der Waals surface area contributed by atoms with Crippen LogP contribution in [-0.2, 0) is 9.47 Å². The van der Waals surface area contributed by atoms with Crippen molar-refractivity contribution < 1.29 is 19.1 Å². The van der Waals surface area contributed by atoms with Crippen molar-refractivity contribution in [3.63, 3.8) is 0 Å². The van der Waals surface area contributed by atoms with Crippen molar-refractivity contribution in [3.05, 3.63) is 54.2 Å². The highest BCUT2D eigenvalue weighted by atomic mass is 16.6. The Balaban J connectivity index is 1.86. The van der Waals surface area contributed by atoms with Crippen molar-refractivity contribution in [3.8, 4) is 0 Å². The lowest BCUT2D eigenvalue weighted by Gasteiger charge is -2.29. The molecule has 2 aromatic rings. The van der Waals surface area contributed by atoms with E-state index in [1.54, 1.807) is 17.2 Å². The van der Waals surface area contributed by atoms with Gasteiger partial charge in [-0.05, 0) is 78.1 Å². The fourth-order valence-corrected chi connectivity index (χ4v) is 3.60. The first kappa shape index (κ1) is 23.6. The fourth-order valence-electron chi connectivity index (χ4n) is 3.60. The van der Waals surface area contributed by atoms with Crippen molar-refractivity contribution in [1.82, 2.24) is 9.88 Å². The summed E-state index contributed by atoms with van der Waals surface area (Å²) in [6.45, 7) is 11.7. The predicted octanol–water partition coefficient (Wildman–Crippen LogP) is 6.23. The van der Waals surface area contributed by atoms with E-state index >= 15 is 0 Å². The molecule has 0 aliphatic carbocycles. The smallest absolute Gasteiger partial charge is 0.420 e. The lowest BCUT2D eigenvalue weighted by molar-refractivity contribution is 0.0224. The molecule has 0 radical (unpaired) electrons. The summed E-state index contributed by atoms with van der Waals surface area (Å²) in [6.07, 6.45) is 2.65. The van der Waals surface area contributed by atoms with Gasteiger partial charge in [-0.2, -0.15) is 0 Å². The third-order valence-corrected chi connectivity index (χ3v) is 4.86. The zero-order valence-corrected chi connectivity index (χ0v) is 19.8. The average Bonchev–Trinajstić information content (AvgIpc) is 3.17. The molecule has 32 heavy (non-hydrogen) atoms. The highest BCUT2D eigenvalue weighted by Crippen LogP contribution is 2.34. The van der Waals surface area contributed by atoms with E-state index in [0.717, 1.165) is 18.4 Å². The van der Waals surface area contributed by atoms with Crippen molar-refractivity contribution in [2.75, 3.05) is 11.4 Å². The van der Waals surface area contributed by atoms with Crippen molar-refractivity contribution >= 4 is 23.7 Å². The first-order valence-electron chi connectivity index (χ1n) is 11.0. The molecular formula is C25H33N3O4. The Morgan fingerprint density at radius 3 is 2.19 bits per heavy atom. The number of anilines is 2. The van der Waals surface area contributed by atoms with Crippen LogP contribution >= 0.6 is 0 Å². The van der Waals surface area contributed by atoms with Crippen LogP contribution in [0.5, 0.6) is 0 Å². The number of ether oxygens (including phenoxy) is 2. The van der Waals surface area contributed by atoms with Gasteiger partial charge in [-0.15, -0.1) is 0 Å². The molecule has 1 atom stereocenters. The van der Waals surface area contributed by atoms with Gasteiger partial charge in [0.05, 0.1) is 11.7 Å². The highest BCUT2D eigenvalue weighted by Gasteiger charge is 2.34. The van der Waals surface area contributed by atoms with Gasteiger partial charge in [-0.1, -0.05) is 24.3 Å². The van der Waals surface area contributed by atoms with Crippen LogP contribution in [0.25, 0.3) is 0 Å². The van der Waals surface area contributed by atoms with Crippen LogP contribution in [0.3, 0.4) is 0 Å². The van der Waals surface area contributed by atoms with Gasteiger partial charge in [-0.3, -0.25) is 0 Å². The van der Waals surface area contributed by atoms with E-state index in [9.17, 15) is 9.59 Å². The summed E-state index contributed by atoms with van der Waals surface area (Å²) in [4.78, 5) is 33.4. The molecule has 7 nitrogen and oxygen atoms in total. The van der Waals surface area contributed by atoms with Crippen molar-refractivity contribution in [2.24, 2.45) is 0 Å². The number of amides is 2. The summed E-state index contributed by atoms with van der Waals surface area (Å²) < 4.78 is 11.2. The largest absolute Gasteiger partial charge is 0.444 e. The Bertz CT molecular complexity index is 930. The van der Waals surface area contributed by atoms with E-state index < -0.39 is 17.3 Å². The van der Waals surface area contributed by atoms with Crippen LogP contribution in [0.2, 0.25) is 0 Å². The fraction of sp³-hybridized carbons (Fsp3) is 0.480. The SMILES string of the molecule is CC(C)(C)OC(=O)N(c1ccccc1)c1ccc([C@@H]2CCCN2C(=O)OC(C)(C)C)cn1. The normalized spacial score (nSPS) is 16.6. The maximum absolute atomic E-state index is 13.0. The Kier molecular flexibility index (Phi) is 6.77. The molecular weight excluding hydrogens is 406 g/mol. The minimum atomic E-state index is -0.637. The number of carbonyl (C=O) groups excluding carboxylic acids is 2. The minimum Gasteiger partial charge on any atom is -0.444 e. The summed E-state index contributed by atoms with van der Waals surface area (Å²) in [5.41, 5.74) is 0.394. The zero-order chi connectivity index (χ0) is 23.5. The maximum atomic E-state index is 13.0. The number of para-hydroxylation sites is 1. The van der Waals surface area contributed by atoms with Gasteiger partial charge in [0, 0.05) is 12.7 Å². The average molecular weight is 440 g/mol. The van der Waals surface area contributed by atoms with Crippen LogP contribution in [0.4, 0.5) is 21.1 Å². The highest BCUT2D eigenvalue weighted by molar-refractivity contribution is 5.95. The summed E-state index contributed by atoms with van der Waals surface area (Å²) in [7, 11) is 0. The predicted molar refractivity (Wildman–Crippen MR) is 124 cm³/mol. The molecule has 0 spiro atoms. The van der Waals surface area contributed by atoms with E-state index in [1.807, 2.05) is 77.9 Å². The van der Waals surface area contributed by atoms with Crippen molar-refractivity contribution in [1.29, 1.82) is 0 Å². The third-order valence-electron chi connectivity index (χ3n) is 4.86. The number of hydrogen-bond acceptors (Lipinski definition) is 5. The van der Waals surface area contributed by atoms with Crippen molar-refractivity contribution in [2.45, 2.75) is 71.6 Å². The number of nitrogens with zero attached hydrogens (tertiary/aromatic N) is 3. The lowest BCUT2D eigenvalue weighted by atomic mass is 10.1. The monoisotopic (exact) mass is 439 g/mol. The van der Waals surface area contributed by atoms with Gasteiger partial charge in [0.1, 0.15) is 17.0 Å². The Hall–Kier alpha value is -3.09. The van der Waals surface area contributed by atoms with Gasteiger partial charge < -0.3 is 14.4 Å². The van der Waals surface area contributed by atoms with E-state index in [-0.39, 0.29) is 12.1 Å². The molecule has 172 valence electrons. The maximum Gasteiger partial charge on any atom is 0.420 e. The topological polar surface area (TPSA) is 72.0 Å². The number of hydrogen-bond donors (Lipinski definition) is 0. The number of aromatic nitrogens is 1. The van der Waals surface area contributed by atoms with Gasteiger partial charge in [0.15, 0.2) is 0 Å². The van der Waals surface area contributed by atoms with E-state index in [2.05, 4.69) is 4.98 Å². The second-order valence-corrected chi connectivity index (χ2v) is 9.93. The van der Waals surface area contributed by atoms with Gasteiger partial charge in [-0.25, -0.2) is 19.5 Å². The molecule has 7 heteroatoms. The second-order valence-electron chi connectivity index (χ2n) is 9.93. The summed E-state index contributed by atoms with van der Waals surface area (Å²) in [5.74, 6) is 0.455. The number of likely N-dealkylation sites (tertiary alicyclic amines) is 1. The number of carbonyl (C=O) groups is 2. The molecule has 1 aromatic carbocycles. The summed E-state index contributed by atoms with van der Waals surface area (Å²) in [5, 5.41) is 0. The molecule has 1 aliphatic rings. The zero-order valence-electron chi connectivity index (χ0n) is 19.8. The van der Waals surface area contributed by atoms with Crippen LogP contribution in [-0.4, -0.2) is 39.8 Å². The molecule has 0 bridgehead atoms. The molecule has 1 aromatic heterocycles. The molecule has 1 aliphatic heterocycles. The molecule has 0 unspecified atom stereocenters. The Labute approximate surface area is 190 Å². The number of pyridine rings is 1. The molecule has 3 rings (SSSR count). The number of benzene rings is 1. The Morgan fingerprint density at radius 1 is 0.969 bits per heavy atom. The van der Waals surface area contributed by atoms with Gasteiger partial charge in [0.25, 0.3) is 0 Å². The Morgan fingerprint density at radius 2 is 1.62 bits per heavy atom. The number of rotatable bonds is 3. The molecule has 2 amide bonds. The molecule has 0 N–H and O–H groups in total. The van der Waals surface area contributed by atoms with Crippen LogP contribution in [0.15, 0.2) is 48.7 Å². The lowest BCUT2D eigenvalue weighted by Crippen LogP contribution is -2.36. The third kappa shape index (κ3) is 5.99. The molecule has 2 heterocycles. The standard InChI is InChI=1S/C25H33N3O4/c1-24(2,3)31-22(29)27-16-10-13-20(27)18-14-15-21(26-17-18)28(19-11-8-7-9-12-19)23(30)32-25(4,5)6/h7-9,11-12,14-15,17,20H,10,13,16H2,1-6H3/t20-/m0/s1. The first-order chi connectivity index (χ1) is 14.9. The summed E-state index contributed by atoms with van der Waals surface area (Å²) in [6, 6.07) is 12.9. The second kappa shape index (κ2) is 9.18. The van der Waals surface area contributed by atoms with E-state index in [1.165, 1.54) is 4.90 Å².